The summed E-state index contributed by atoms with van der Waals surface area (Å²) < 4.78 is 32.9. The Hall–Kier alpha value is -2.71. The van der Waals surface area contributed by atoms with Gasteiger partial charge in [-0.25, -0.2) is 8.42 Å². The number of anilines is 1. The Labute approximate surface area is 157 Å². The minimum absolute atomic E-state index is 0.154. The van der Waals surface area contributed by atoms with E-state index in [0.717, 1.165) is 25.7 Å². The lowest BCUT2D eigenvalue weighted by molar-refractivity contribution is 0.372. The van der Waals surface area contributed by atoms with E-state index in [2.05, 4.69) is 14.9 Å². The van der Waals surface area contributed by atoms with Gasteiger partial charge in [0.2, 0.25) is 0 Å². The molecule has 3 aromatic rings. The molecule has 2 aromatic carbocycles. The van der Waals surface area contributed by atoms with Gasteiger partial charge in [0.05, 0.1) is 10.4 Å². The van der Waals surface area contributed by atoms with Gasteiger partial charge in [0, 0.05) is 11.3 Å². The zero-order chi connectivity index (χ0) is 18.9. The monoisotopic (exact) mass is 384 g/mol. The Morgan fingerprint density at radius 3 is 2.33 bits per heavy atom. The van der Waals surface area contributed by atoms with Gasteiger partial charge in [-0.1, -0.05) is 36.2 Å². The Balaban J connectivity index is 1.55. The molecule has 0 saturated heterocycles. The van der Waals surface area contributed by atoms with Gasteiger partial charge in [-0.2, -0.15) is 4.98 Å². The molecule has 27 heavy (non-hydrogen) atoms. The molecule has 1 fully saturated rings. The molecule has 140 valence electrons. The van der Waals surface area contributed by atoms with Crippen molar-refractivity contribution in [3.63, 3.8) is 0 Å². The molecule has 7 nitrogen and oxygen atoms in total. The lowest BCUT2D eigenvalue weighted by Gasteiger charge is -2.17. The van der Waals surface area contributed by atoms with Crippen molar-refractivity contribution >= 4 is 15.7 Å². The van der Waals surface area contributed by atoms with Gasteiger partial charge in [-0.05, 0) is 49.2 Å². The summed E-state index contributed by atoms with van der Waals surface area (Å²) in [5, 5.41) is 4.03. The maximum absolute atomic E-state index is 12.5. The molecule has 0 bridgehead atoms. The average molecular weight is 384 g/mol. The van der Waals surface area contributed by atoms with Crippen LogP contribution in [-0.2, 0) is 15.6 Å². The number of hydrogen-bond donors (Lipinski definition) is 2. The second-order valence-electron chi connectivity index (χ2n) is 6.78. The molecule has 1 aromatic heterocycles. The van der Waals surface area contributed by atoms with E-state index in [0.29, 0.717) is 23.0 Å². The minimum atomic E-state index is -3.67. The van der Waals surface area contributed by atoms with Crippen molar-refractivity contribution in [2.45, 2.75) is 36.1 Å². The number of hydrogen-bond acceptors (Lipinski definition) is 6. The predicted octanol–water partition coefficient (Wildman–Crippen LogP) is 3.27. The fraction of sp³-hybridized carbons (Fsp3) is 0.263. The van der Waals surface area contributed by atoms with E-state index >= 15 is 0 Å². The highest BCUT2D eigenvalue weighted by Gasteiger charge is 2.36. The first-order valence-electron chi connectivity index (χ1n) is 8.78. The lowest BCUT2D eigenvalue weighted by atomic mass is 9.99. The second kappa shape index (κ2) is 6.79. The fourth-order valence-electron chi connectivity index (χ4n) is 3.27. The van der Waals surface area contributed by atoms with Crippen molar-refractivity contribution in [2.24, 2.45) is 5.73 Å². The van der Waals surface area contributed by atoms with Crippen LogP contribution in [0, 0.1) is 0 Å². The van der Waals surface area contributed by atoms with Crippen LogP contribution in [0.2, 0.25) is 0 Å². The van der Waals surface area contributed by atoms with Crippen LogP contribution in [0.25, 0.3) is 11.5 Å². The van der Waals surface area contributed by atoms with E-state index in [4.69, 9.17) is 10.3 Å². The number of sulfonamides is 1. The molecule has 0 aliphatic heterocycles. The standard InChI is InChI=1S/C19H20N4O3S/c20-19(12-4-5-13-19)18-21-17(26-22-18)14-8-10-16(11-9-14)27(24,25)23-15-6-2-1-3-7-15/h1-3,6-11,23H,4-5,12-13,20H2. The summed E-state index contributed by atoms with van der Waals surface area (Å²) in [7, 11) is -3.67. The number of rotatable bonds is 5. The highest BCUT2D eigenvalue weighted by Crippen LogP contribution is 2.35. The van der Waals surface area contributed by atoms with Crippen LogP contribution < -0.4 is 10.5 Å². The van der Waals surface area contributed by atoms with Crippen LogP contribution in [0.3, 0.4) is 0 Å². The third-order valence-electron chi connectivity index (χ3n) is 4.80. The maximum Gasteiger partial charge on any atom is 0.261 e. The molecule has 4 rings (SSSR count). The van der Waals surface area contributed by atoms with E-state index in [1.54, 1.807) is 36.4 Å². The largest absolute Gasteiger partial charge is 0.334 e. The number of nitrogens with one attached hydrogen (secondary N) is 1. The highest BCUT2D eigenvalue weighted by atomic mass is 32.2. The number of nitrogens with zero attached hydrogens (tertiary/aromatic N) is 2. The van der Waals surface area contributed by atoms with Crippen LogP contribution in [0.15, 0.2) is 64.0 Å². The Morgan fingerprint density at radius 1 is 1.00 bits per heavy atom. The molecule has 1 aliphatic carbocycles. The van der Waals surface area contributed by atoms with Crippen LogP contribution in [0.1, 0.15) is 31.5 Å². The summed E-state index contributed by atoms with van der Waals surface area (Å²) in [5.41, 5.74) is 6.99. The number of benzene rings is 2. The van der Waals surface area contributed by atoms with Crippen molar-refractivity contribution in [3.05, 3.63) is 60.4 Å². The van der Waals surface area contributed by atoms with E-state index in [1.807, 2.05) is 6.07 Å². The van der Waals surface area contributed by atoms with Gasteiger partial charge in [0.15, 0.2) is 5.82 Å². The molecule has 3 N–H and O–H groups in total. The quantitative estimate of drug-likeness (QED) is 0.698. The first kappa shape index (κ1) is 17.7. The molecule has 0 amide bonds. The minimum Gasteiger partial charge on any atom is -0.334 e. The smallest absolute Gasteiger partial charge is 0.261 e. The van der Waals surface area contributed by atoms with E-state index in [-0.39, 0.29) is 4.90 Å². The fourth-order valence-corrected chi connectivity index (χ4v) is 4.33. The summed E-state index contributed by atoms with van der Waals surface area (Å²) >= 11 is 0. The van der Waals surface area contributed by atoms with Crippen LogP contribution in [0.5, 0.6) is 0 Å². The molecule has 1 heterocycles. The summed E-state index contributed by atoms with van der Waals surface area (Å²) in [4.78, 5) is 4.58. The van der Waals surface area contributed by atoms with Crippen molar-refractivity contribution in [1.82, 2.24) is 10.1 Å². The third-order valence-corrected chi connectivity index (χ3v) is 6.20. The van der Waals surface area contributed by atoms with Crippen LogP contribution in [-0.4, -0.2) is 18.6 Å². The SMILES string of the molecule is NC1(c2noc(-c3ccc(S(=O)(=O)Nc4ccccc4)cc3)n2)CCCC1. The summed E-state index contributed by atoms with van der Waals surface area (Å²) in [6.07, 6.45) is 3.80. The van der Waals surface area contributed by atoms with Crippen LogP contribution in [0.4, 0.5) is 5.69 Å². The van der Waals surface area contributed by atoms with E-state index < -0.39 is 15.6 Å². The number of para-hydroxylation sites is 1. The Morgan fingerprint density at radius 2 is 1.67 bits per heavy atom. The van der Waals surface area contributed by atoms with Crippen molar-refractivity contribution in [3.8, 4) is 11.5 Å². The highest BCUT2D eigenvalue weighted by molar-refractivity contribution is 7.92. The molecular formula is C19H20N4O3S. The van der Waals surface area contributed by atoms with Crippen LogP contribution >= 0.6 is 0 Å². The number of nitrogens with two attached hydrogens (primary N) is 1. The van der Waals surface area contributed by atoms with Gasteiger partial charge < -0.3 is 10.3 Å². The first-order valence-corrected chi connectivity index (χ1v) is 10.3. The molecule has 0 radical (unpaired) electrons. The molecule has 8 heteroatoms. The third kappa shape index (κ3) is 3.58. The Kier molecular flexibility index (Phi) is 4.45. The summed E-state index contributed by atoms with van der Waals surface area (Å²) in [6.45, 7) is 0. The second-order valence-corrected chi connectivity index (χ2v) is 8.46. The van der Waals surface area contributed by atoms with Crippen molar-refractivity contribution in [2.75, 3.05) is 4.72 Å². The normalized spacial score (nSPS) is 16.3. The Bertz CT molecular complexity index is 1020. The lowest BCUT2D eigenvalue weighted by Crippen LogP contribution is -2.34. The van der Waals surface area contributed by atoms with E-state index in [1.165, 1.54) is 12.1 Å². The number of aromatic nitrogens is 2. The zero-order valence-corrected chi connectivity index (χ0v) is 15.4. The molecule has 0 spiro atoms. The predicted molar refractivity (Wildman–Crippen MR) is 101 cm³/mol. The topological polar surface area (TPSA) is 111 Å². The zero-order valence-electron chi connectivity index (χ0n) is 14.6. The summed E-state index contributed by atoms with van der Waals surface area (Å²) in [5.74, 6) is 0.846. The molecule has 0 atom stereocenters. The van der Waals surface area contributed by atoms with E-state index in [9.17, 15) is 8.42 Å². The van der Waals surface area contributed by atoms with Gasteiger partial charge in [0.1, 0.15) is 0 Å². The van der Waals surface area contributed by atoms with Crippen molar-refractivity contribution in [1.29, 1.82) is 0 Å². The molecule has 1 saturated carbocycles. The van der Waals surface area contributed by atoms with Gasteiger partial charge in [0.25, 0.3) is 15.9 Å². The molecule has 1 aliphatic rings. The van der Waals surface area contributed by atoms with Gasteiger partial charge >= 0.3 is 0 Å². The van der Waals surface area contributed by atoms with Gasteiger partial charge in [-0.15, -0.1) is 0 Å². The molecular weight excluding hydrogens is 364 g/mol. The summed E-state index contributed by atoms with van der Waals surface area (Å²) in [6, 6.07) is 15.1. The maximum atomic E-state index is 12.5. The average Bonchev–Trinajstić information content (AvgIpc) is 3.33. The first-order chi connectivity index (χ1) is 13.0. The van der Waals surface area contributed by atoms with Gasteiger partial charge in [-0.3, -0.25) is 4.72 Å². The van der Waals surface area contributed by atoms with Crippen molar-refractivity contribution < 1.29 is 12.9 Å². The molecule has 0 unspecified atom stereocenters.